The zero-order valence-electron chi connectivity index (χ0n) is 12.0. The van der Waals surface area contributed by atoms with Gasteiger partial charge in [0.1, 0.15) is 11.4 Å². The summed E-state index contributed by atoms with van der Waals surface area (Å²) in [6.07, 6.45) is 1.53. The summed E-state index contributed by atoms with van der Waals surface area (Å²) in [5.74, 6) is 0.214. The normalized spacial score (nSPS) is 10.5. The van der Waals surface area contributed by atoms with Crippen molar-refractivity contribution >= 4 is 27.8 Å². The van der Waals surface area contributed by atoms with E-state index in [-0.39, 0.29) is 17.5 Å². The molecule has 0 unspecified atom stereocenters. The minimum Gasteiger partial charge on any atom is -0.463 e. The zero-order valence-corrected chi connectivity index (χ0v) is 13.6. The van der Waals surface area contributed by atoms with Crippen LogP contribution in [0.25, 0.3) is 11.5 Å². The second kappa shape index (κ2) is 6.62. The Kier molecular flexibility index (Phi) is 4.38. The molecule has 0 aliphatic carbocycles. The standard InChI is InChI=1S/C16H13BrN4O2/c17-11-5-2-1-4-10(11)9-19-15(22)13-8-12(20-16(18)21-13)14-6-3-7-23-14/h1-8H,9H2,(H,19,22)(H2,18,20,21). The van der Waals surface area contributed by atoms with Gasteiger partial charge < -0.3 is 15.5 Å². The van der Waals surface area contributed by atoms with Crippen molar-refractivity contribution in [3.8, 4) is 11.5 Å². The van der Waals surface area contributed by atoms with Crippen LogP contribution < -0.4 is 11.1 Å². The highest BCUT2D eigenvalue weighted by Gasteiger charge is 2.13. The van der Waals surface area contributed by atoms with E-state index < -0.39 is 0 Å². The summed E-state index contributed by atoms with van der Waals surface area (Å²) in [6, 6.07) is 12.7. The Bertz CT molecular complexity index is 834. The predicted molar refractivity (Wildman–Crippen MR) is 89.5 cm³/mol. The molecule has 1 amide bonds. The first-order valence-electron chi connectivity index (χ1n) is 6.83. The highest BCUT2D eigenvalue weighted by atomic mass is 79.9. The van der Waals surface area contributed by atoms with Crippen LogP contribution in [0.1, 0.15) is 16.1 Å². The van der Waals surface area contributed by atoms with E-state index in [2.05, 4.69) is 31.2 Å². The third kappa shape index (κ3) is 3.57. The number of benzene rings is 1. The van der Waals surface area contributed by atoms with Crippen LogP contribution in [0, 0.1) is 0 Å². The Morgan fingerprint density at radius 3 is 2.78 bits per heavy atom. The lowest BCUT2D eigenvalue weighted by Gasteiger charge is -2.08. The van der Waals surface area contributed by atoms with Crippen molar-refractivity contribution in [1.29, 1.82) is 0 Å². The van der Waals surface area contributed by atoms with Gasteiger partial charge in [0.05, 0.1) is 6.26 Å². The minimum atomic E-state index is -0.331. The number of carbonyl (C=O) groups is 1. The number of aromatic nitrogens is 2. The fourth-order valence-electron chi connectivity index (χ4n) is 2.04. The number of halogens is 1. The highest BCUT2D eigenvalue weighted by molar-refractivity contribution is 9.10. The molecule has 2 heterocycles. The number of furan rings is 1. The number of rotatable bonds is 4. The number of hydrogen-bond donors (Lipinski definition) is 2. The van der Waals surface area contributed by atoms with Gasteiger partial charge in [-0.15, -0.1) is 0 Å². The Labute approximate surface area is 140 Å². The van der Waals surface area contributed by atoms with Gasteiger partial charge in [-0.05, 0) is 29.8 Å². The summed E-state index contributed by atoms with van der Waals surface area (Å²) in [7, 11) is 0. The molecular formula is C16H13BrN4O2. The third-order valence-electron chi connectivity index (χ3n) is 3.15. The highest BCUT2D eigenvalue weighted by Crippen LogP contribution is 2.19. The smallest absolute Gasteiger partial charge is 0.270 e. The number of anilines is 1. The Morgan fingerprint density at radius 1 is 1.22 bits per heavy atom. The van der Waals surface area contributed by atoms with Gasteiger partial charge in [0, 0.05) is 11.0 Å². The number of nitrogen functional groups attached to an aromatic ring is 1. The van der Waals surface area contributed by atoms with Gasteiger partial charge >= 0.3 is 0 Å². The molecule has 0 saturated heterocycles. The van der Waals surface area contributed by atoms with Crippen LogP contribution in [-0.2, 0) is 6.54 Å². The number of amides is 1. The van der Waals surface area contributed by atoms with E-state index >= 15 is 0 Å². The Balaban J connectivity index is 1.78. The van der Waals surface area contributed by atoms with Crippen molar-refractivity contribution in [2.24, 2.45) is 0 Å². The van der Waals surface area contributed by atoms with Crippen molar-refractivity contribution in [3.05, 3.63) is 64.5 Å². The van der Waals surface area contributed by atoms with E-state index in [0.717, 1.165) is 10.0 Å². The first-order valence-corrected chi connectivity index (χ1v) is 7.63. The van der Waals surface area contributed by atoms with E-state index in [1.807, 2.05) is 24.3 Å². The zero-order chi connectivity index (χ0) is 16.2. The van der Waals surface area contributed by atoms with Crippen molar-refractivity contribution < 1.29 is 9.21 Å². The van der Waals surface area contributed by atoms with Crippen LogP contribution in [0.3, 0.4) is 0 Å². The SMILES string of the molecule is Nc1nc(C(=O)NCc2ccccc2Br)cc(-c2ccco2)n1. The topological polar surface area (TPSA) is 94.0 Å². The molecule has 0 atom stereocenters. The molecule has 2 aromatic heterocycles. The summed E-state index contributed by atoms with van der Waals surface area (Å²) in [4.78, 5) is 20.4. The maximum absolute atomic E-state index is 12.3. The summed E-state index contributed by atoms with van der Waals surface area (Å²) >= 11 is 3.44. The molecule has 0 fully saturated rings. The van der Waals surface area contributed by atoms with E-state index in [1.165, 1.54) is 6.26 Å². The monoisotopic (exact) mass is 372 g/mol. The van der Waals surface area contributed by atoms with Gasteiger partial charge in [-0.3, -0.25) is 4.79 Å². The molecule has 3 rings (SSSR count). The van der Waals surface area contributed by atoms with Crippen molar-refractivity contribution in [2.45, 2.75) is 6.54 Å². The van der Waals surface area contributed by atoms with Gasteiger partial charge in [-0.25, -0.2) is 9.97 Å². The van der Waals surface area contributed by atoms with Crippen LogP contribution in [0.4, 0.5) is 5.95 Å². The van der Waals surface area contributed by atoms with Crippen LogP contribution in [0.5, 0.6) is 0 Å². The lowest BCUT2D eigenvalue weighted by Crippen LogP contribution is -2.24. The van der Waals surface area contributed by atoms with Gasteiger partial charge in [-0.2, -0.15) is 0 Å². The van der Waals surface area contributed by atoms with Crippen LogP contribution in [0.15, 0.2) is 57.6 Å². The van der Waals surface area contributed by atoms with E-state index in [4.69, 9.17) is 10.2 Å². The number of nitrogens with zero attached hydrogens (tertiary/aromatic N) is 2. The molecule has 7 heteroatoms. The molecule has 0 saturated carbocycles. The first-order chi connectivity index (χ1) is 11.1. The number of carbonyl (C=O) groups excluding carboxylic acids is 1. The van der Waals surface area contributed by atoms with Crippen LogP contribution in [0.2, 0.25) is 0 Å². The Hall–Kier alpha value is -2.67. The second-order valence-electron chi connectivity index (χ2n) is 4.75. The van der Waals surface area contributed by atoms with Crippen LogP contribution >= 0.6 is 15.9 Å². The average molecular weight is 373 g/mol. The maximum Gasteiger partial charge on any atom is 0.270 e. The van der Waals surface area contributed by atoms with Gasteiger partial charge in [-0.1, -0.05) is 34.1 Å². The summed E-state index contributed by atoms with van der Waals surface area (Å²) in [5.41, 5.74) is 7.31. The fourth-order valence-corrected chi connectivity index (χ4v) is 2.47. The van der Waals surface area contributed by atoms with E-state index in [0.29, 0.717) is 18.0 Å². The number of hydrogen-bond acceptors (Lipinski definition) is 5. The lowest BCUT2D eigenvalue weighted by atomic mass is 10.2. The third-order valence-corrected chi connectivity index (χ3v) is 3.92. The van der Waals surface area contributed by atoms with Crippen molar-refractivity contribution in [3.63, 3.8) is 0 Å². The fraction of sp³-hybridized carbons (Fsp3) is 0.0625. The summed E-state index contributed by atoms with van der Waals surface area (Å²) in [5, 5.41) is 2.81. The number of nitrogens with one attached hydrogen (secondary N) is 1. The molecule has 1 aromatic carbocycles. The predicted octanol–water partition coefficient (Wildman–Crippen LogP) is 3.01. The molecule has 3 N–H and O–H groups in total. The average Bonchev–Trinajstić information content (AvgIpc) is 3.08. The molecule has 0 spiro atoms. The van der Waals surface area contributed by atoms with Gasteiger partial charge in [0.2, 0.25) is 5.95 Å². The van der Waals surface area contributed by atoms with E-state index in [1.54, 1.807) is 18.2 Å². The molecule has 0 radical (unpaired) electrons. The largest absolute Gasteiger partial charge is 0.463 e. The van der Waals surface area contributed by atoms with Crippen LogP contribution in [-0.4, -0.2) is 15.9 Å². The van der Waals surface area contributed by atoms with Crippen molar-refractivity contribution in [1.82, 2.24) is 15.3 Å². The molecule has 116 valence electrons. The molecule has 0 aliphatic rings. The van der Waals surface area contributed by atoms with Gasteiger partial charge in [0.25, 0.3) is 5.91 Å². The molecule has 3 aromatic rings. The Morgan fingerprint density at radius 2 is 2.04 bits per heavy atom. The molecule has 6 nitrogen and oxygen atoms in total. The molecule has 23 heavy (non-hydrogen) atoms. The van der Waals surface area contributed by atoms with Crippen molar-refractivity contribution in [2.75, 3.05) is 5.73 Å². The second-order valence-corrected chi connectivity index (χ2v) is 5.60. The summed E-state index contributed by atoms with van der Waals surface area (Å²) < 4.78 is 6.20. The number of nitrogens with two attached hydrogens (primary N) is 1. The van der Waals surface area contributed by atoms with Gasteiger partial charge in [0.15, 0.2) is 5.76 Å². The lowest BCUT2D eigenvalue weighted by molar-refractivity contribution is 0.0946. The maximum atomic E-state index is 12.3. The quantitative estimate of drug-likeness (QED) is 0.733. The minimum absolute atomic E-state index is 0.0185. The van der Waals surface area contributed by atoms with E-state index in [9.17, 15) is 4.79 Å². The molecule has 0 bridgehead atoms. The molecular weight excluding hydrogens is 360 g/mol. The summed E-state index contributed by atoms with van der Waals surface area (Å²) in [6.45, 7) is 0.375. The molecule has 0 aliphatic heterocycles. The first kappa shape index (κ1) is 15.2.